The van der Waals surface area contributed by atoms with Crippen LogP contribution in [0.1, 0.15) is 24.0 Å². The molecule has 2 heterocycles. The standard InChI is InChI=1S/C18H25N3O2.ClH/c1-14-4-6-15(7-5-14)11-17(22)20-9-2-3-16(13-20)21-10-8-19-12-18(21)23;/h4-7,16,19H,2-3,8-13H2,1H3;1H. The van der Waals surface area contributed by atoms with E-state index in [1.807, 2.05) is 41.0 Å². The van der Waals surface area contributed by atoms with Crippen LogP contribution in [-0.2, 0) is 16.0 Å². The maximum atomic E-state index is 12.6. The maximum Gasteiger partial charge on any atom is 0.236 e. The highest BCUT2D eigenvalue weighted by Crippen LogP contribution is 2.18. The Labute approximate surface area is 149 Å². The zero-order chi connectivity index (χ0) is 16.2. The Kier molecular flexibility index (Phi) is 6.63. The van der Waals surface area contributed by atoms with E-state index in [9.17, 15) is 9.59 Å². The number of nitrogens with zero attached hydrogens (tertiary/aromatic N) is 2. The predicted octanol–water partition coefficient (Wildman–Crippen LogP) is 1.38. The van der Waals surface area contributed by atoms with E-state index in [1.54, 1.807) is 0 Å². The molecule has 0 aliphatic carbocycles. The molecule has 3 rings (SSSR count). The van der Waals surface area contributed by atoms with Crippen LogP contribution in [0.15, 0.2) is 24.3 Å². The second-order valence-electron chi connectivity index (χ2n) is 6.56. The molecule has 2 aliphatic rings. The number of nitrogens with one attached hydrogen (secondary N) is 1. The minimum atomic E-state index is 0. The van der Waals surface area contributed by atoms with Crippen LogP contribution < -0.4 is 5.32 Å². The van der Waals surface area contributed by atoms with E-state index < -0.39 is 0 Å². The van der Waals surface area contributed by atoms with Crippen LogP contribution in [0.25, 0.3) is 0 Å². The van der Waals surface area contributed by atoms with Crippen molar-refractivity contribution in [2.75, 3.05) is 32.7 Å². The van der Waals surface area contributed by atoms with Gasteiger partial charge in [-0.1, -0.05) is 29.8 Å². The largest absolute Gasteiger partial charge is 0.340 e. The number of halogens is 1. The average Bonchev–Trinajstić information content (AvgIpc) is 2.57. The molecule has 2 fully saturated rings. The number of aryl methyl sites for hydroxylation is 1. The van der Waals surface area contributed by atoms with Gasteiger partial charge in [0.25, 0.3) is 0 Å². The van der Waals surface area contributed by atoms with Crippen LogP contribution in [0.2, 0.25) is 0 Å². The molecule has 1 aromatic rings. The van der Waals surface area contributed by atoms with E-state index in [4.69, 9.17) is 0 Å². The third kappa shape index (κ3) is 4.48. The molecular formula is C18H26ClN3O2. The molecule has 1 unspecified atom stereocenters. The van der Waals surface area contributed by atoms with Gasteiger partial charge in [-0.15, -0.1) is 12.4 Å². The highest BCUT2D eigenvalue weighted by Gasteiger charge is 2.31. The summed E-state index contributed by atoms with van der Waals surface area (Å²) in [6.45, 7) is 5.56. The Morgan fingerprint density at radius 1 is 1.25 bits per heavy atom. The molecule has 2 saturated heterocycles. The van der Waals surface area contributed by atoms with Crippen molar-refractivity contribution in [3.05, 3.63) is 35.4 Å². The third-order valence-electron chi connectivity index (χ3n) is 4.79. The fraction of sp³-hybridized carbons (Fsp3) is 0.556. The molecule has 1 N–H and O–H groups in total. The Hall–Kier alpha value is -1.59. The van der Waals surface area contributed by atoms with Gasteiger partial charge in [0.15, 0.2) is 0 Å². The fourth-order valence-electron chi connectivity index (χ4n) is 3.44. The number of likely N-dealkylation sites (tertiary alicyclic amines) is 1. The molecule has 6 heteroatoms. The van der Waals surface area contributed by atoms with Crippen LogP contribution in [-0.4, -0.2) is 60.4 Å². The number of carbonyl (C=O) groups excluding carboxylic acids is 2. The molecule has 0 spiro atoms. The molecule has 0 saturated carbocycles. The highest BCUT2D eigenvalue weighted by atomic mass is 35.5. The molecule has 0 aromatic heterocycles. The quantitative estimate of drug-likeness (QED) is 0.895. The minimum absolute atomic E-state index is 0. The van der Waals surface area contributed by atoms with E-state index in [1.165, 1.54) is 5.56 Å². The van der Waals surface area contributed by atoms with Crippen LogP contribution >= 0.6 is 12.4 Å². The monoisotopic (exact) mass is 351 g/mol. The summed E-state index contributed by atoms with van der Waals surface area (Å²) in [7, 11) is 0. The van der Waals surface area contributed by atoms with Crippen molar-refractivity contribution in [2.24, 2.45) is 0 Å². The van der Waals surface area contributed by atoms with E-state index in [2.05, 4.69) is 5.32 Å². The van der Waals surface area contributed by atoms with Gasteiger partial charge in [0.1, 0.15) is 0 Å². The molecule has 2 aliphatic heterocycles. The summed E-state index contributed by atoms with van der Waals surface area (Å²) in [6.07, 6.45) is 2.42. The lowest BCUT2D eigenvalue weighted by atomic mass is 10.0. The number of carbonyl (C=O) groups is 2. The number of hydrogen-bond acceptors (Lipinski definition) is 3. The lowest BCUT2D eigenvalue weighted by molar-refractivity contribution is -0.140. The molecule has 24 heavy (non-hydrogen) atoms. The molecule has 5 nitrogen and oxygen atoms in total. The average molecular weight is 352 g/mol. The normalized spacial score (nSPS) is 21.4. The summed E-state index contributed by atoms with van der Waals surface area (Å²) in [6, 6.07) is 8.31. The Balaban J connectivity index is 0.00000208. The fourth-order valence-corrected chi connectivity index (χ4v) is 3.44. The van der Waals surface area contributed by atoms with Crippen molar-refractivity contribution < 1.29 is 9.59 Å². The van der Waals surface area contributed by atoms with Gasteiger partial charge >= 0.3 is 0 Å². The van der Waals surface area contributed by atoms with Crippen molar-refractivity contribution in [1.29, 1.82) is 0 Å². The first-order valence-corrected chi connectivity index (χ1v) is 8.47. The van der Waals surface area contributed by atoms with E-state index in [0.717, 1.165) is 38.0 Å². The van der Waals surface area contributed by atoms with Crippen LogP contribution in [0, 0.1) is 6.92 Å². The van der Waals surface area contributed by atoms with Crippen LogP contribution in [0.5, 0.6) is 0 Å². The van der Waals surface area contributed by atoms with E-state index in [-0.39, 0.29) is 30.3 Å². The number of rotatable bonds is 3. The van der Waals surface area contributed by atoms with Crippen LogP contribution in [0.3, 0.4) is 0 Å². The second-order valence-corrected chi connectivity index (χ2v) is 6.56. The van der Waals surface area contributed by atoms with Gasteiger partial charge in [0, 0.05) is 32.2 Å². The topological polar surface area (TPSA) is 52.7 Å². The molecular weight excluding hydrogens is 326 g/mol. The Bertz CT molecular complexity index is 576. The van der Waals surface area contributed by atoms with Crippen molar-refractivity contribution >= 4 is 24.2 Å². The number of piperazine rings is 1. The van der Waals surface area contributed by atoms with Crippen molar-refractivity contribution in [2.45, 2.75) is 32.2 Å². The molecule has 0 radical (unpaired) electrons. The van der Waals surface area contributed by atoms with E-state index >= 15 is 0 Å². The summed E-state index contributed by atoms with van der Waals surface area (Å²) >= 11 is 0. The van der Waals surface area contributed by atoms with Gasteiger partial charge in [-0.2, -0.15) is 0 Å². The number of amides is 2. The SMILES string of the molecule is Cc1ccc(CC(=O)N2CCCC(N3CCNCC3=O)C2)cc1.Cl. The molecule has 1 aromatic carbocycles. The lowest BCUT2D eigenvalue weighted by Gasteiger charge is -2.41. The van der Waals surface area contributed by atoms with E-state index in [0.29, 0.717) is 19.5 Å². The number of benzene rings is 1. The smallest absolute Gasteiger partial charge is 0.236 e. The first-order valence-electron chi connectivity index (χ1n) is 8.47. The van der Waals surface area contributed by atoms with Gasteiger partial charge in [-0.3, -0.25) is 9.59 Å². The third-order valence-corrected chi connectivity index (χ3v) is 4.79. The summed E-state index contributed by atoms with van der Waals surface area (Å²) in [5, 5.41) is 3.10. The molecule has 2 amide bonds. The molecule has 0 bridgehead atoms. The summed E-state index contributed by atoms with van der Waals surface area (Å²) < 4.78 is 0. The van der Waals surface area contributed by atoms with Crippen molar-refractivity contribution in [1.82, 2.24) is 15.1 Å². The minimum Gasteiger partial charge on any atom is -0.340 e. The Morgan fingerprint density at radius 3 is 2.71 bits per heavy atom. The van der Waals surface area contributed by atoms with Crippen LogP contribution in [0.4, 0.5) is 0 Å². The zero-order valence-corrected chi connectivity index (χ0v) is 15.0. The predicted molar refractivity (Wildman–Crippen MR) is 96.3 cm³/mol. The van der Waals surface area contributed by atoms with Gasteiger partial charge in [-0.05, 0) is 25.3 Å². The first-order chi connectivity index (χ1) is 11.1. The molecule has 132 valence electrons. The zero-order valence-electron chi connectivity index (χ0n) is 14.2. The maximum absolute atomic E-state index is 12.6. The summed E-state index contributed by atoms with van der Waals surface area (Å²) in [5.41, 5.74) is 2.26. The summed E-state index contributed by atoms with van der Waals surface area (Å²) in [4.78, 5) is 28.5. The number of piperidine rings is 1. The second kappa shape index (κ2) is 8.49. The van der Waals surface area contributed by atoms with Gasteiger partial charge < -0.3 is 15.1 Å². The van der Waals surface area contributed by atoms with Crippen molar-refractivity contribution in [3.8, 4) is 0 Å². The van der Waals surface area contributed by atoms with Gasteiger partial charge in [0.2, 0.25) is 11.8 Å². The first kappa shape index (κ1) is 18.7. The van der Waals surface area contributed by atoms with Gasteiger partial charge in [0.05, 0.1) is 13.0 Å². The van der Waals surface area contributed by atoms with Crippen molar-refractivity contribution in [3.63, 3.8) is 0 Å². The number of hydrogen-bond donors (Lipinski definition) is 1. The highest BCUT2D eigenvalue weighted by molar-refractivity contribution is 5.85. The van der Waals surface area contributed by atoms with Gasteiger partial charge in [-0.25, -0.2) is 0 Å². The molecule has 1 atom stereocenters. The Morgan fingerprint density at radius 2 is 2.00 bits per heavy atom. The lowest BCUT2D eigenvalue weighted by Crippen LogP contribution is -2.57. The summed E-state index contributed by atoms with van der Waals surface area (Å²) in [5.74, 6) is 0.329.